The number of pyridine rings is 1. The summed E-state index contributed by atoms with van der Waals surface area (Å²) < 4.78 is 17.9. The molecule has 2 fully saturated rings. The van der Waals surface area contributed by atoms with E-state index in [4.69, 9.17) is 14.0 Å². The number of nitrogens with zero attached hydrogens (tertiary/aromatic N) is 3. The van der Waals surface area contributed by atoms with Gasteiger partial charge in [-0.1, -0.05) is 0 Å². The summed E-state index contributed by atoms with van der Waals surface area (Å²) in [5.74, 6) is 0.656. The van der Waals surface area contributed by atoms with E-state index < -0.39 is 7.12 Å². The Hall–Kier alpha value is -1.31. The van der Waals surface area contributed by atoms with E-state index in [0.717, 1.165) is 37.3 Å². The van der Waals surface area contributed by atoms with Gasteiger partial charge >= 0.3 is 7.12 Å². The van der Waals surface area contributed by atoms with Crippen molar-refractivity contribution in [3.05, 3.63) is 12.3 Å². The number of rotatable bonds is 4. The van der Waals surface area contributed by atoms with Gasteiger partial charge in [0.2, 0.25) is 5.88 Å². The Morgan fingerprint density at radius 1 is 1.08 bits per heavy atom. The molecule has 2 aliphatic rings. The van der Waals surface area contributed by atoms with Crippen LogP contribution in [0, 0.1) is 0 Å². The minimum atomic E-state index is -0.408. The first kappa shape index (κ1) is 19.5. The third-order valence-corrected chi connectivity index (χ3v) is 5.96. The Balaban J connectivity index is 1.82. The lowest BCUT2D eigenvalue weighted by Crippen LogP contribution is -2.49. The van der Waals surface area contributed by atoms with Crippen LogP contribution >= 0.6 is 0 Å². The van der Waals surface area contributed by atoms with E-state index in [2.05, 4.69) is 62.4 Å². The molecule has 144 valence electrons. The van der Waals surface area contributed by atoms with Gasteiger partial charge in [0.25, 0.3) is 0 Å². The van der Waals surface area contributed by atoms with Gasteiger partial charge in [-0.25, -0.2) is 4.98 Å². The minimum Gasteiger partial charge on any atom is -0.480 e. The molecule has 1 aromatic rings. The van der Waals surface area contributed by atoms with E-state index in [9.17, 15) is 0 Å². The van der Waals surface area contributed by atoms with Gasteiger partial charge in [0.15, 0.2) is 0 Å². The highest BCUT2D eigenvalue weighted by Gasteiger charge is 2.52. The highest BCUT2D eigenvalue weighted by molar-refractivity contribution is 6.62. The van der Waals surface area contributed by atoms with Gasteiger partial charge in [0, 0.05) is 43.9 Å². The summed E-state index contributed by atoms with van der Waals surface area (Å²) in [6, 6.07) is 2.69. The van der Waals surface area contributed by atoms with Crippen molar-refractivity contribution in [2.24, 2.45) is 0 Å². The molecule has 1 aromatic heterocycles. The summed E-state index contributed by atoms with van der Waals surface area (Å²) in [7, 11) is 1.26. The standard InChI is InChI=1S/C19H32BN3O3/c1-14(2)22-8-10-23(11-9-22)16-12-15(13-21-17(16)24-7)20-25-18(3,4)19(5,6)26-20/h12-14H,8-11H2,1-7H3. The molecule has 0 amide bonds. The van der Waals surface area contributed by atoms with Crippen LogP contribution in [-0.4, -0.2) is 67.5 Å². The number of piperazine rings is 1. The van der Waals surface area contributed by atoms with Crippen molar-refractivity contribution in [3.63, 3.8) is 0 Å². The van der Waals surface area contributed by atoms with Crippen LogP contribution < -0.4 is 15.1 Å². The first-order valence-corrected chi connectivity index (χ1v) is 9.53. The molecule has 0 radical (unpaired) electrons. The monoisotopic (exact) mass is 361 g/mol. The third-order valence-electron chi connectivity index (χ3n) is 5.96. The molecule has 0 saturated carbocycles. The van der Waals surface area contributed by atoms with E-state index in [1.54, 1.807) is 13.3 Å². The highest BCUT2D eigenvalue weighted by atomic mass is 16.7. The maximum Gasteiger partial charge on any atom is 0.496 e. The van der Waals surface area contributed by atoms with Crippen LogP contribution in [0.25, 0.3) is 0 Å². The van der Waals surface area contributed by atoms with Gasteiger partial charge in [-0.3, -0.25) is 4.90 Å². The van der Waals surface area contributed by atoms with Gasteiger partial charge in [0.1, 0.15) is 0 Å². The zero-order valence-corrected chi connectivity index (χ0v) is 17.2. The second-order valence-corrected chi connectivity index (χ2v) is 8.50. The van der Waals surface area contributed by atoms with Crippen molar-refractivity contribution < 1.29 is 14.0 Å². The summed E-state index contributed by atoms with van der Waals surface area (Å²) in [5.41, 5.74) is 1.23. The molecular formula is C19H32BN3O3. The fourth-order valence-corrected chi connectivity index (χ4v) is 3.43. The molecule has 0 bridgehead atoms. The lowest BCUT2D eigenvalue weighted by atomic mass is 9.80. The van der Waals surface area contributed by atoms with Gasteiger partial charge < -0.3 is 18.9 Å². The SMILES string of the molecule is COc1ncc(B2OC(C)(C)C(C)(C)O2)cc1N1CCN(C(C)C)CC1. The van der Waals surface area contributed by atoms with Gasteiger partial charge in [-0.05, 0) is 47.6 Å². The molecular weight excluding hydrogens is 329 g/mol. The van der Waals surface area contributed by atoms with Crippen molar-refractivity contribution in [2.75, 3.05) is 38.2 Å². The van der Waals surface area contributed by atoms with Crippen LogP contribution in [0.4, 0.5) is 5.69 Å². The third kappa shape index (κ3) is 3.57. The summed E-state index contributed by atoms with van der Waals surface area (Å²) in [5, 5.41) is 0. The van der Waals surface area contributed by atoms with Crippen molar-refractivity contribution in [1.82, 2.24) is 9.88 Å². The average Bonchev–Trinajstić information content (AvgIpc) is 2.82. The average molecular weight is 361 g/mol. The fourth-order valence-electron chi connectivity index (χ4n) is 3.43. The summed E-state index contributed by atoms with van der Waals surface area (Å²) in [6.07, 6.45) is 1.80. The number of ether oxygens (including phenoxy) is 1. The lowest BCUT2D eigenvalue weighted by molar-refractivity contribution is 0.00578. The van der Waals surface area contributed by atoms with Crippen LogP contribution in [-0.2, 0) is 9.31 Å². The molecule has 26 heavy (non-hydrogen) atoms. The molecule has 0 spiro atoms. The Kier molecular flexibility index (Phi) is 5.25. The zero-order valence-electron chi connectivity index (χ0n) is 17.2. The predicted octanol–water partition coefficient (Wildman–Crippen LogP) is 1.92. The second kappa shape index (κ2) is 7.02. The maximum atomic E-state index is 6.18. The molecule has 6 nitrogen and oxygen atoms in total. The summed E-state index contributed by atoms with van der Waals surface area (Å²) >= 11 is 0. The molecule has 2 aliphatic heterocycles. The predicted molar refractivity (Wildman–Crippen MR) is 105 cm³/mol. The van der Waals surface area contributed by atoms with E-state index in [0.29, 0.717) is 11.9 Å². The van der Waals surface area contributed by atoms with Gasteiger partial charge in [0.05, 0.1) is 24.0 Å². The van der Waals surface area contributed by atoms with Crippen LogP contribution in [0.15, 0.2) is 12.3 Å². The zero-order chi connectivity index (χ0) is 19.1. The van der Waals surface area contributed by atoms with Crippen LogP contribution in [0.5, 0.6) is 5.88 Å². The van der Waals surface area contributed by atoms with Crippen LogP contribution in [0.3, 0.4) is 0 Å². The topological polar surface area (TPSA) is 47.1 Å². The normalized spacial score (nSPS) is 22.9. The molecule has 0 aromatic carbocycles. The Labute approximate surface area is 158 Å². The first-order valence-electron chi connectivity index (χ1n) is 9.53. The van der Waals surface area contributed by atoms with E-state index in [1.165, 1.54) is 0 Å². The molecule has 0 atom stereocenters. The number of aromatic nitrogens is 1. The second-order valence-electron chi connectivity index (χ2n) is 8.50. The highest BCUT2D eigenvalue weighted by Crippen LogP contribution is 2.37. The molecule has 7 heteroatoms. The maximum absolute atomic E-state index is 6.18. The van der Waals surface area contributed by atoms with Crippen molar-refractivity contribution in [1.29, 1.82) is 0 Å². The van der Waals surface area contributed by atoms with Crippen molar-refractivity contribution in [2.45, 2.75) is 58.8 Å². The Bertz CT molecular complexity index is 627. The lowest BCUT2D eigenvalue weighted by Gasteiger charge is -2.38. The smallest absolute Gasteiger partial charge is 0.480 e. The van der Waals surface area contributed by atoms with Crippen molar-refractivity contribution >= 4 is 18.3 Å². The number of anilines is 1. The number of methoxy groups -OCH3 is 1. The summed E-state index contributed by atoms with van der Waals surface area (Å²) in [4.78, 5) is 9.37. The number of hydrogen-bond donors (Lipinski definition) is 0. The number of hydrogen-bond acceptors (Lipinski definition) is 6. The molecule has 0 unspecified atom stereocenters. The minimum absolute atomic E-state index is 0.360. The quantitative estimate of drug-likeness (QED) is 0.764. The van der Waals surface area contributed by atoms with E-state index in [1.807, 2.05) is 0 Å². The molecule has 3 heterocycles. The molecule has 0 N–H and O–H groups in total. The van der Waals surface area contributed by atoms with E-state index >= 15 is 0 Å². The Morgan fingerprint density at radius 3 is 2.15 bits per heavy atom. The van der Waals surface area contributed by atoms with Crippen molar-refractivity contribution in [3.8, 4) is 5.88 Å². The summed E-state index contributed by atoms with van der Waals surface area (Å²) in [6.45, 7) is 16.8. The fraction of sp³-hybridized carbons (Fsp3) is 0.737. The molecule has 2 saturated heterocycles. The Morgan fingerprint density at radius 2 is 1.65 bits per heavy atom. The molecule has 0 aliphatic carbocycles. The first-order chi connectivity index (χ1) is 12.1. The van der Waals surface area contributed by atoms with Gasteiger partial charge in [-0.2, -0.15) is 0 Å². The van der Waals surface area contributed by atoms with Crippen LogP contribution in [0.2, 0.25) is 0 Å². The van der Waals surface area contributed by atoms with Crippen LogP contribution in [0.1, 0.15) is 41.5 Å². The largest absolute Gasteiger partial charge is 0.496 e. The van der Waals surface area contributed by atoms with E-state index in [-0.39, 0.29) is 11.2 Å². The molecule has 3 rings (SSSR count). The van der Waals surface area contributed by atoms with Gasteiger partial charge in [-0.15, -0.1) is 0 Å².